The molecule has 12 heteroatoms. The van der Waals surface area contributed by atoms with Gasteiger partial charge in [0, 0.05) is 40.5 Å². The predicted molar refractivity (Wildman–Crippen MR) is 145 cm³/mol. The first-order valence-electron chi connectivity index (χ1n) is 12.6. The lowest BCUT2D eigenvalue weighted by atomic mass is 10.0. The number of carboxylic acid groups (broad SMARTS) is 1. The van der Waals surface area contributed by atoms with Gasteiger partial charge < -0.3 is 20.5 Å². The van der Waals surface area contributed by atoms with Crippen LogP contribution >= 0.6 is 11.6 Å². The molecule has 1 unspecified atom stereocenters. The normalized spacial score (nSPS) is 12.2. The van der Waals surface area contributed by atoms with Crippen molar-refractivity contribution in [1.82, 2.24) is 5.32 Å². The molecule has 0 aliphatic heterocycles. The second-order valence-corrected chi connectivity index (χ2v) is 10.1. The lowest BCUT2D eigenvalue weighted by Crippen LogP contribution is -2.29. The van der Waals surface area contributed by atoms with Crippen LogP contribution in [0.2, 0.25) is 5.02 Å². The van der Waals surface area contributed by atoms with Gasteiger partial charge in [-0.25, -0.2) is 8.78 Å². The van der Waals surface area contributed by atoms with Crippen molar-refractivity contribution in [1.29, 1.82) is 0 Å². The number of benzene rings is 3. The van der Waals surface area contributed by atoms with E-state index in [2.05, 4.69) is 10.6 Å². The molecule has 41 heavy (non-hydrogen) atoms. The number of rotatable bonds is 12. The Morgan fingerprint density at radius 1 is 1.00 bits per heavy atom. The maximum atomic E-state index is 14.9. The first kappa shape index (κ1) is 31.7. The highest BCUT2D eigenvalue weighted by molar-refractivity contribution is 6.33. The fourth-order valence-electron chi connectivity index (χ4n) is 4.06. The first-order valence-corrected chi connectivity index (χ1v) is 13.0. The third-order valence-electron chi connectivity index (χ3n) is 5.93. The van der Waals surface area contributed by atoms with Crippen molar-refractivity contribution in [2.75, 3.05) is 18.5 Å². The molecule has 3 aromatic carbocycles. The summed E-state index contributed by atoms with van der Waals surface area (Å²) in [6, 6.07) is 10.3. The van der Waals surface area contributed by atoms with Crippen LogP contribution in [0.15, 0.2) is 54.6 Å². The highest BCUT2D eigenvalue weighted by atomic mass is 35.5. The standard InChI is InChI=1S/C29H28ClF5N2O4/c1-16(2)11-20(37-19-6-3-17(4-7-19)28(40)36-10-9-26(38)39)15-41-21-13-24(31)27(25(32)14-21)22-8-5-18(12-23(22)30)29(33,34)35/h3-8,12-14,16,20,37H,9-11,15H2,1-2H3,(H,36,40)(H,38,39). The molecule has 0 aromatic heterocycles. The van der Waals surface area contributed by atoms with E-state index in [0.717, 1.165) is 18.2 Å². The quantitative estimate of drug-likeness (QED) is 0.189. The predicted octanol–water partition coefficient (Wildman–Crippen LogP) is 7.41. The number of alkyl halides is 3. The summed E-state index contributed by atoms with van der Waals surface area (Å²) in [4.78, 5) is 22.7. The van der Waals surface area contributed by atoms with Gasteiger partial charge in [0.05, 0.1) is 23.6 Å². The van der Waals surface area contributed by atoms with Gasteiger partial charge in [0.25, 0.3) is 5.91 Å². The Bertz CT molecular complexity index is 1360. The summed E-state index contributed by atoms with van der Waals surface area (Å²) < 4.78 is 74.3. The molecule has 0 heterocycles. The summed E-state index contributed by atoms with van der Waals surface area (Å²) in [6.45, 7) is 4.00. The molecule has 3 aromatic rings. The van der Waals surface area contributed by atoms with Crippen LogP contribution in [0.5, 0.6) is 5.75 Å². The average Bonchev–Trinajstić information content (AvgIpc) is 2.87. The Balaban J connectivity index is 1.70. The maximum absolute atomic E-state index is 14.9. The molecule has 3 N–H and O–H groups in total. The molecular weight excluding hydrogens is 571 g/mol. The van der Waals surface area contributed by atoms with Crippen LogP contribution in [0.1, 0.15) is 42.6 Å². The van der Waals surface area contributed by atoms with Crippen molar-refractivity contribution >= 4 is 29.2 Å². The van der Waals surface area contributed by atoms with Crippen LogP contribution < -0.4 is 15.4 Å². The Kier molecular flexibility index (Phi) is 10.6. The zero-order valence-corrected chi connectivity index (χ0v) is 22.9. The Morgan fingerprint density at radius 2 is 1.63 bits per heavy atom. The van der Waals surface area contributed by atoms with Crippen molar-refractivity contribution in [3.05, 3.63) is 82.4 Å². The van der Waals surface area contributed by atoms with E-state index in [1.165, 1.54) is 0 Å². The number of hydrogen-bond acceptors (Lipinski definition) is 4. The zero-order valence-electron chi connectivity index (χ0n) is 22.1. The number of halogens is 6. The molecule has 0 saturated heterocycles. The van der Waals surface area contributed by atoms with E-state index in [4.69, 9.17) is 21.4 Å². The first-order chi connectivity index (χ1) is 19.2. The molecule has 1 amide bonds. The number of anilines is 1. The number of aliphatic carboxylic acids is 1. The van der Waals surface area contributed by atoms with Crippen LogP contribution in [0.25, 0.3) is 11.1 Å². The molecule has 3 rings (SSSR count). The Morgan fingerprint density at radius 3 is 2.17 bits per heavy atom. The number of hydrogen-bond donors (Lipinski definition) is 3. The van der Waals surface area contributed by atoms with Gasteiger partial charge >= 0.3 is 12.1 Å². The third-order valence-corrected chi connectivity index (χ3v) is 6.24. The third kappa shape index (κ3) is 9.07. The molecule has 220 valence electrons. The van der Waals surface area contributed by atoms with Crippen LogP contribution in [-0.4, -0.2) is 36.2 Å². The number of carbonyl (C=O) groups is 2. The van der Waals surface area contributed by atoms with Crippen molar-refractivity contribution in [3.8, 4) is 16.9 Å². The van der Waals surface area contributed by atoms with Gasteiger partial charge in [-0.05, 0) is 48.7 Å². The van der Waals surface area contributed by atoms with E-state index in [-0.39, 0.29) is 42.8 Å². The lowest BCUT2D eigenvalue weighted by molar-refractivity contribution is -0.138. The number of ether oxygens (including phenoxy) is 1. The maximum Gasteiger partial charge on any atom is 0.416 e. The van der Waals surface area contributed by atoms with Gasteiger partial charge in [0.1, 0.15) is 24.0 Å². The minimum Gasteiger partial charge on any atom is -0.491 e. The molecule has 0 aliphatic carbocycles. The number of carboxylic acids is 1. The summed E-state index contributed by atoms with van der Waals surface area (Å²) in [7, 11) is 0. The fraction of sp³-hybridized carbons (Fsp3) is 0.310. The Hall–Kier alpha value is -3.86. The molecule has 0 spiro atoms. The molecular formula is C29H28ClF5N2O4. The van der Waals surface area contributed by atoms with E-state index >= 15 is 0 Å². The lowest BCUT2D eigenvalue weighted by Gasteiger charge is -2.22. The molecule has 0 fully saturated rings. The molecule has 0 aliphatic rings. The van der Waals surface area contributed by atoms with Crippen molar-refractivity contribution in [2.45, 2.75) is 38.9 Å². The minimum atomic E-state index is -4.66. The smallest absolute Gasteiger partial charge is 0.416 e. The summed E-state index contributed by atoms with van der Waals surface area (Å²) in [5, 5.41) is 14.0. The largest absolute Gasteiger partial charge is 0.491 e. The van der Waals surface area contributed by atoms with Crippen LogP contribution in [0.3, 0.4) is 0 Å². The van der Waals surface area contributed by atoms with Crippen molar-refractivity contribution in [2.24, 2.45) is 5.92 Å². The van der Waals surface area contributed by atoms with Gasteiger partial charge in [-0.15, -0.1) is 0 Å². The van der Waals surface area contributed by atoms with Gasteiger partial charge in [-0.1, -0.05) is 31.5 Å². The van der Waals surface area contributed by atoms with E-state index in [0.29, 0.717) is 29.8 Å². The SMILES string of the molecule is CC(C)CC(COc1cc(F)c(-c2ccc(C(F)(F)F)cc2Cl)c(F)c1)Nc1ccc(C(=O)NCCC(=O)O)cc1. The highest BCUT2D eigenvalue weighted by Crippen LogP contribution is 2.38. The highest BCUT2D eigenvalue weighted by Gasteiger charge is 2.31. The van der Waals surface area contributed by atoms with E-state index in [1.54, 1.807) is 24.3 Å². The monoisotopic (exact) mass is 598 g/mol. The Labute approximate surface area is 238 Å². The molecule has 0 bridgehead atoms. The summed E-state index contributed by atoms with van der Waals surface area (Å²) in [6.07, 6.45) is -4.22. The molecule has 1 atom stereocenters. The minimum absolute atomic E-state index is 0.00150. The average molecular weight is 599 g/mol. The number of carbonyl (C=O) groups excluding carboxylic acids is 1. The second-order valence-electron chi connectivity index (χ2n) is 9.71. The van der Waals surface area contributed by atoms with Gasteiger partial charge in [0.15, 0.2) is 0 Å². The van der Waals surface area contributed by atoms with Gasteiger partial charge in [-0.3, -0.25) is 9.59 Å². The topological polar surface area (TPSA) is 87.7 Å². The van der Waals surface area contributed by atoms with Gasteiger partial charge in [-0.2, -0.15) is 13.2 Å². The van der Waals surface area contributed by atoms with Crippen LogP contribution in [0, 0.1) is 17.6 Å². The van der Waals surface area contributed by atoms with Crippen LogP contribution in [-0.2, 0) is 11.0 Å². The van der Waals surface area contributed by atoms with Crippen LogP contribution in [0.4, 0.5) is 27.6 Å². The summed E-state index contributed by atoms with van der Waals surface area (Å²) in [5.41, 5.74) is -0.827. The number of amides is 1. The number of nitrogens with one attached hydrogen (secondary N) is 2. The van der Waals surface area contributed by atoms with Gasteiger partial charge in [0.2, 0.25) is 0 Å². The molecule has 6 nitrogen and oxygen atoms in total. The van der Waals surface area contributed by atoms with E-state index in [1.807, 2.05) is 13.8 Å². The van der Waals surface area contributed by atoms with Crippen molar-refractivity contribution < 1.29 is 41.4 Å². The van der Waals surface area contributed by atoms with Crippen molar-refractivity contribution in [3.63, 3.8) is 0 Å². The zero-order chi connectivity index (χ0) is 30.3. The summed E-state index contributed by atoms with van der Waals surface area (Å²) in [5.74, 6) is -3.42. The molecule has 0 saturated carbocycles. The fourth-order valence-corrected chi connectivity index (χ4v) is 4.33. The molecule has 0 radical (unpaired) electrons. The summed E-state index contributed by atoms with van der Waals surface area (Å²) >= 11 is 5.93. The van der Waals surface area contributed by atoms with E-state index in [9.17, 15) is 31.5 Å². The van der Waals surface area contributed by atoms with E-state index < -0.39 is 45.8 Å². The second kappa shape index (κ2) is 13.7.